The van der Waals surface area contributed by atoms with Crippen molar-refractivity contribution in [2.45, 2.75) is 226 Å². The highest BCUT2D eigenvalue weighted by Gasteiger charge is 2.19. The third kappa shape index (κ3) is 35.5. The molecule has 0 unspecified atom stereocenters. The Bertz CT molecular complexity index is 706. The minimum absolute atomic E-state index is 0.0657. The smallest absolute Gasteiger partial charge is 0.306 e. The molecule has 0 bridgehead atoms. The summed E-state index contributed by atoms with van der Waals surface area (Å²) in [5, 5.41) is 0. The maximum Gasteiger partial charge on any atom is 0.306 e. The van der Waals surface area contributed by atoms with Gasteiger partial charge < -0.3 is 14.2 Å². The number of rotatable bonds is 36. The quantitative estimate of drug-likeness (QED) is 0.0376. The van der Waals surface area contributed by atoms with Gasteiger partial charge in [0.15, 0.2) is 6.10 Å². The molecule has 0 aromatic rings. The molecular formula is C41H78O6. The predicted octanol–water partition coefficient (Wildman–Crippen LogP) is 12.4. The largest absolute Gasteiger partial charge is 0.462 e. The summed E-state index contributed by atoms with van der Waals surface area (Å²) in [4.78, 5) is 37.3. The van der Waals surface area contributed by atoms with Crippen molar-refractivity contribution < 1.29 is 28.6 Å². The Kier molecular flexibility index (Phi) is 34.5. The van der Waals surface area contributed by atoms with Crippen LogP contribution in [-0.2, 0) is 28.6 Å². The third-order valence-electron chi connectivity index (χ3n) is 9.04. The number of hydrogen-bond donors (Lipinski definition) is 0. The minimum Gasteiger partial charge on any atom is -0.462 e. The maximum absolute atomic E-state index is 12.6. The number of unbranched alkanes of at least 4 members (excludes halogenated alkanes) is 23. The van der Waals surface area contributed by atoms with Crippen molar-refractivity contribution in [3.63, 3.8) is 0 Å². The van der Waals surface area contributed by atoms with Crippen LogP contribution in [0.15, 0.2) is 0 Å². The molecule has 0 N–H and O–H groups in total. The first-order valence-corrected chi connectivity index (χ1v) is 20.4. The zero-order valence-corrected chi connectivity index (χ0v) is 31.7. The van der Waals surface area contributed by atoms with E-state index < -0.39 is 6.10 Å². The molecule has 0 aliphatic heterocycles. The fourth-order valence-corrected chi connectivity index (χ4v) is 5.92. The highest BCUT2D eigenvalue weighted by molar-refractivity contribution is 5.71. The molecule has 6 nitrogen and oxygen atoms in total. The molecule has 1 atom stereocenters. The molecule has 0 rings (SSSR count). The lowest BCUT2D eigenvalue weighted by Crippen LogP contribution is -2.30. The van der Waals surface area contributed by atoms with E-state index in [1.807, 2.05) is 0 Å². The second-order valence-electron chi connectivity index (χ2n) is 14.4. The number of carbonyl (C=O) groups excluding carboxylic acids is 3. The molecule has 0 heterocycles. The first-order chi connectivity index (χ1) is 22.9. The Morgan fingerprint density at radius 3 is 1.04 bits per heavy atom. The van der Waals surface area contributed by atoms with Gasteiger partial charge >= 0.3 is 17.9 Å². The fraction of sp³-hybridized carbons (Fsp3) is 0.927. The van der Waals surface area contributed by atoms with Crippen LogP contribution in [0.1, 0.15) is 220 Å². The molecule has 0 amide bonds. The number of ether oxygens (including phenoxy) is 3. The normalized spacial score (nSPS) is 11.9. The Hall–Kier alpha value is -1.59. The molecule has 0 saturated heterocycles. The van der Waals surface area contributed by atoms with Gasteiger partial charge in [-0.05, 0) is 25.2 Å². The molecule has 0 aliphatic rings. The van der Waals surface area contributed by atoms with Crippen LogP contribution in [0.4, 0.5) is 0 Å². The van der Waals surface area contributed by atoms with Crippen molar-refractivity contribution in [3.05, 3.63) is 0 Å². The summed E-state index contributed by atoms with van der Waals surface area (Å²) in [6, 6.07) is 0. The van der Waals surface area contributed by atoms with Crippen molar-refractivity contribution >= 4 is 17.9 Å². The van der Waals surface area contributed by atoms with Crippen LogP contribution in [0.5, 0.6) is 0 Å². The van der Waals surface area contributed by atoms with Crippen molar-refractivity contribution in [2.75, 3.05) is 13.2 Å². The second kappa shape index (κ2) is 35.7. The average Bonchev–Trinajstić information content (AvgIpc) is 3.05. The lowest BCUT2D eigenvalue weighted by molar-refractivity contribution is -0.167. The molecule has 0 fully saturated rings. The average molecular weight is 667 g/mol. The van der Waals surface area contributed by atoms with Gasteiger partial charge in [-0.1, -0.05) is 182 Å². The zero-order valence-electron chi connectivity index (χ0n) is 31.7. The SMILES string of the molecule is CCCCCCCCCCCCCC(=O)O[C@@H](COC(=O)CCCCCCC)COC(=O)CCCCCCCCCCCCC(C)C. The molecule has 0 aromatic heterocycles. The molecule has 47 heavy (non-hydrogen) atoms. The van der Waals surface area contributed by atoms with Crippen LogP contribution in [0.25, 0.3) is 0 Å². The Balaban J connectivity index is 4.24. The fourth-order valence-electron chi connectivity index (χ4n) is 5.92. The van der Waals surface area contributed by atoms with Gasteiger partial charge in [0.05, 0.1) is 0 Å². The zero-order chi connectivity index (χ0) is 34.6. The van der Waals surface area contributed by atoms with Gasteiger partial charge in [0.2, 0.25) is 0 Å². The van der Waals surface area contributed by atoms with Crippen LogP contribution in [0, 0.1) is 5.92 Å². The van der Waals surface area contributed by atoms with E-state index in [4.69, 9.17) is 14.2 Å². The monoisotopic (exact) mass is 667 g/mol. The number of hydrogen-bond acceptors (Lipinski definition) is 6. The molecule has 0 saturated carbocycles. The van der Waals surface area contributed by atoms with Crippen molar-refractivity contribution in [3.8, 4) is 0 Å². The van der Waals surface area contributed by atoms with Crippen molar-refractivity contribution in [2.24, 2.45) is 5.92 Å². The van der Waals surface area contributed by atoms with Crippen LogP contribution in [0.3, 0.4) is 0 Å². The third-order valence-corrected chi connectivity index (χ3v) is 9.04. The highest BCUT2D eigenvalue weighted by atomic mass is 16.6. The summed E-state index contributed by atoms with van der Waals surface area (Å²) in [6.07, 6.45) is 32.6. The molecule has 0 radical (unpaired) electrons. The van der Waals surface area contributed by atoms with Crippen molar-refractivity contribution in [1.29, 1.82) is 0 Å². The van der Waals surface area contributed by atoms with Gasteiger partial charge in [-0.15, -0.1) is 0 Å². The standard InChI is InChI=1S/C41H78O6/c1-5-7-9-11-12-13-14-19-22-26-30-34-41(44)47-38(35-45-39(42)32-28-23-10-8-6-2)36-46-40(43)33-29-25-21-18-16-15-17-20-24-27-31-37(3)4/h37-38H,5-36H2,1-4H3/t38-/m0/s1. The van der Waals surface area contributed by atoms with Gasteiger partial charge in [-0.25, -0.2) is 0 Å². The molecule has 6 heteroatoms. The second-order valence-corrected chi connectivity index (χ2v) is 14.4. The molecule has 0 aromatic carbocycles. The molecule has 0 aliphatic carbocycles. The summed E-state index contributed by atoms with van der Waals surface area (Å²) in [5.74, 6) is -0.0573. The van der Waals surface area contributed by atoms with Crippen LogP contribution in [0.2, 0.25) is 0 Å². The lowest BCUT2D eigenvalue weighted by atomic mass is 10.0. The topological polar surface area (TPSA) is 78.9 Å². The Morgan fingerprint density at radius 2 is 0.702 bits per heavy atom. The van der Waals surface area contributed by atoms with Gasteiger partial charge in [-0.2, -0.15) is 0 Å². The summed E-state index contributed by atoms with van der Waals surface area (Å²) in [5.41, 5.74) is 0. The number of esters is 3. The van der Waals surface area contributed by atoms with Crippen LogP contribution < -0.4 is 0 Å². The van der Waals surface area contributed by atoms with E-state index >= 15 is 0 Å². The maximum atomic E-state index is 12.6. The van der Waals surface area contributed by atoms with E-state index in [2.05, 4.69) is 27.7 Å². The summed E-state index contributed by atoms with van der Waals surface area (Å²) in [7, 11) is 0. The molecule has 0 spiro atoms. The van der Waals surface area contributed by atoms with E-state index in [0.29, 0.717) is 19.3 Å². The van der Waals surface area contributed by atoms with E-state index in [9.17, 15) is 14.4 Å². The first-order valence-electron chi connectivity index (χ1n) is 20.4. The minimum atomic E-state index is -0.756. The summed E-state index contributed by atoms with van der Waals surface area (Å²) in [6.45, 7) is 8.88. The lowest BCUT2D eigenvalue weighted by Gasteiger charge is -2.18. The van der Waals surface area contributed by atoms with Gasteiger partial charge in [0, 0.05) is 19.3 Å². The molecular weight excluding hydrogens is 588 g/mol. The van der Waals surface area contributed by atoms with Gasteiger partial charge in [0.25, 0.3) is 0 Å². The Morgan fingerprint density at radius 1 is 0.404 bits per heavy atom. The van der Waals surface area contributed by atoms with E-state index in [-0.39, 0.29) is 31.1 Å². The van der Waals surface area contributed by atoms with Crippen LogP contribution in [-0.4, -0.2) is 37.2 Å². The van der Waals surface area contributed by atoms with E-state index in [0.717, 1.165) is 70.1 Å². The number of carbonyl (C=O) groups is 3. The van der Waals surface area contributed by atoms with Crippen molar-refractivity contribution in [1.82, 2.24) is 0 Å². The van der Waals surface area contributed by atoms with Gasteiger partial charge in [-0.3, -0.25) is 14.4 Å². The van der Waals surface area contributed by atoms with Crippen LogP contribution >= 0.6 is 0 Å². The van der Waals surface area contributed by atoms with Gasteiger partial charge in [0.1, 0.15) is 13.2 Å². The predicted molar refractivity (Wildman–Crippen MR) is 196 cm³/mol. The summed E-state index contributed by atoms with van der Waals surface area (Å²) >= 11 is 0. The van der Waals surface area contributed by atoms with E-state index in [1.54, 1.807) is 0 Å². The highest BCUT2D eigenvalue weighted by Crippen LogP contribution is 2.15. The summed E-state index contributed by atoms with van der Waals surface area (Å²) < 4.78 is 16.5. The van der Waals surface area contributed by atoms with E-state index in [1.165, 1.54) is 109 Å². The molecule has 278 valence electrons. The first kappa shape index (κ1) is 45.4. The Labute approximate surface area is 291 Å².